The highest BCUT2D eigenvalue weighted by Crippen LogP contribution is 2.23. The van der Waals surface area contributed by atoms with E-state index in [2.05, 4.69) is 15.0 Å². The van der Waals surface area contributed by atoms with Crippen molar-refractivity contribution < 1.29 is 4.39 Å². The highest BCUT2D eigenvalue weighted by Gasteiger charge is 2.11. The predicted molar refractivity (Wildman–Crippen MR) is 93.5 cm³/mol. The molecule has 6 nitrogen and oxygen atoms in total. The van der Waals surface area contributed by atoms with Crippen molar-refractivity contribution in [2.24, 2.45) is 10.7 Å². The van der Waals surface area contributed by atoms with Crippen molar-refractivity contribution in [3.8, 4) is 0 Å². The summed E-state index contributed by atoms with van der Waals surface area (Å²) in [4.78, 5) is 12.5. The molecule has 1 aromatic carbocycles. The third kappa shape index (κ3) is 2.96. The van der Waals surface area contributed by atoms with Gasteiger partial charge >= 0.3 is 0 Å². The van der Waals surface area contributed by atoms with Gasteiger partial charge in [-0.2, -0.15) is 0 Å². The first-order valence-electron chi connectivity index (χ1n) is 7.35. The molecule has 0 aliphatic heterocycles. The number of nitrogen functional groups attached to an aromatic ring is 1. The fraction of sp³-hybridized carbons (Fsp3) is 0.118. The topological polar surface area (TPSA) is 95.1 Å². The van der Waals surface area contributed by atoms with E-state index in [1.54, 1.807) is 24.4 Å². The van der Waals surface area contributed by atoms with Gasteiger partial charge in [-0.05, 0) is 24.6 Å². The van der Waals surface area contributed by atoms with Gasteiger partial charge in [-0.1, -0.05) is 12.1 Å². The van der Waals surface area contributed by atoms with Crippen LogP contribution >= 0.6 is 0 Å². The summed E-state index contributed by atoms with van der Waals surface area (Å²) in [6.45, 7) is 2.38. The van der Waals surface area contributed by atoms with Crippen LogP contribution in [0.3, 0.4) is 0 Å². The Hall–Kier alpha value is -3.22. The Balaban J connectivity index is 1.90. The summed E-state index contributed by atoms with van der Waals surface area (Å²) in [7, 11) is 0. The van der Waals surface area contributed by atoms with Crippen LogP contribution in [0.4, 0.5) is 15.9 Å². The summed E-state index contributed by atoms with van der Waals surface area (Å²) in [6, 6.07) is 6.31. The summed E-state index contributed by atoms with van der Waals surface area (Å²) < 4.78 is 15.5. The lowest BCUT2D eigenvalue weighted by Crippen LogP contribution is -2.04. The lowest BCUT2D eigenvalue weighted by molar-refractivity contribution is 0.630. The van der Waals surface area contributed by atoms with E-state index in [0.29, 0.717) is 17.9 Å². The van der Waals surface area contributed by atoms with Crippen LogP contribution in [0.25, 0.3) is 11.0 Å². The summed E-state index contributed by atoms with van der Waals surface area (Å²) in [6.07, 6.45) is 6.34. The fourth-order valence-electron chi connectivity index (χ4n) is 2.51. The zero-order valence-electron chi connectivity index (χ0n) is 13.1. The zero-order chi connectivity index (χ0) is 17.1. The minimum atomic E-state index is -0.382. The third-order valence-electron chi connectivity index (χ3n) is 3.66. The smallest absolute Gasteiger partial charge is 0.148 e. The lowest BCUT2D eigenvalue weighted by atomic mass is 10.2. The molecule has 4 N–H and O–H groups in total. The van der Waals surface area contributed by atoms with Gasteiger partial charge in [-0.25, -0.2) is 14.4 Å². The molecule has 0 bridgehead atoms. The van der Waals surface area contributed by atoms with Gasteiger partial charge in [0.25, 0.3) is 0 Å². The highest BCUT2D eigenvalue weighted by atomic mass is 19.1. The van der Waals surface area contributed by atoms with Crippen LogP contribution in [0.15, 0.2) is 53.6 Å². The molecule has 0 amide bonds. The van der Waals surface area contributed by atoms with Gasteiger partial charge in [0.05, 0.1) is 17.6 Å². The van der Waals surface area contributed by atoms with Crippen LogP contribution in [-0.2, 0) is 6.54 Å². The minimum Gasteiger partial charge on any atom is -0.404 e. The molecule has 0 saturated heterocycles. The number of hydrogen-bond acceptors (Lipinski definition) is 5. The normalized spacial score (nSPS) is 12.3. The molecule has 24 heavy (non-hydrogen) atoms. The van der Waals surface area contributed by atoms with Crippen molar-refractivity contribution in [3.63, 3.8) is 0 Å². The maximum absolute atomic E-state index is 13.6. The van der Waals surface area contributed by atoms with Crippen molar-refractivity contribution in [3.05, 3.63) is 59.9 Å². The molecule has 0 aliphatic carbocycles. The monoisotopic (exact) mass is 324 g/mol. The van der Waals surface area contributed by atoms with Gasteiger partial charge < -0.3 is 16.0 Å². The zero-order valence-corrected chi connectivity index (χ0v) is 13.1. The first kappa shape index (κ1) is 15.7. The first-order valence-corrected chi connectivity index (χ1v) is 7.35. The second kappa shape index (κ2) is 6.49. The molecule has 3 aromatic rings. The average Bonchev–Trinajstić information content (AvgIpc) is 2.90. The van der Waals surface area contributed by atoms with Crippen LogP contribution in [0, 0.1) is 12.7 Å². The number of fused-ring (bicyclic) bond motifs is 1. The molecule has 7 heteroatoms. The lowest BCUT2D eigenvalue weighted by Gasteiger charge is -2.05. The number of rotatable bonds is 4. The van der Waals surface area contributed by atoms with Crippen LogP contribution in [0.2, 0.25) is 0 Å². The van der Waals surface area contributed by atoms with Crippen LogP contribution in [0.5, 0.6) is 0 Å². The summed E-state index contributed by atoms with van der Waals surface area (Å²) in [5, 5.41) is 0.819. The van der Waals surface area contributed by atoms with Crippen LogP contribution in [0.1, 0.15) is 5.56 Å². The Morgan fingerprint density at radius 3 is 2.88 bits per heavy atom. The van der Waals surface area contributed by atoms with E-state index in [0.717, 1.165) is 16.6 Å². The van der Waals surface area contributed by atoms with Crippen LogP contribution < -0.4 is 11.5 Å². The molecule has 3 rings (SSSR count). The minimum absolute atomic E-state index is 0.261. The van der Waals surface area contributed by atoms with Crippen LogP contribution in [-0.4, -0.2) is 20.7 Å². The van der Waals surface area contributed by atoms with E-state index in [-0.39, 0.29) is 11.5 Å². The number of aromatic nitrogens is 3. The SMILES string of the molecule is Cc1cn(CC(C=Nc2ccccc2F)=CN)c2ncnc(N)c12. The molecule has 0 fully saturated rings. The molecule has 0 atom stereocenters. The van der Waals surface area contributed by atoms with E-state index >= 15 is 0 Å². The highest BCUT2D eigenvalue weighted by molar-refractivity contribution is 5.90. The van der Waals surface area contributed by atoms with Crippen molar-refractivity contribution in [1.29, 1.82) is 0 Å². The number of benzene rings is 1. The number of halogens is 1. The Kier molecular flexibility index (Phi) is 4.24. The number of aryl methyl sites for hydroxylation is 1. The largest absolute Gasteiger partial charge is 0.404 e. The van der Waals surface area contributed by atoms with Gasteiger partial charge in [0.2, 0.25) is 0 Å². The quantitative estimate of drug-likeness (QED) is 0.721. The second-order valence-corrected chi connectivity index (χ2v) is 5.35. The van der Waals surface area contributed by atoms with Gasteiger partial charge in [0.1, 0.15) is 23.6 Å². The fourth-order valence-corrected chi connectivity index (χ4v) is 2.51. The van der Waals surface area contributed by atoms with Gasteiger partial charge in [-0.15, -0.1) is 0 Å². The third-order valence-corrected chi connectivity index (χ3v) is 3.66. The van der Waals surface area contributed by atoms with Crippen molar-refractivity contribution in [2.45, 2.75) is 13.5 Å². The molecular weight excluding hydrogens is 307 g/mol. The molecular formula is C17H17FN6. The van der Waals surface area contributed by atoms with E-state index < -0.39 is 0 Å². The molecule has 0 spiro atoms. The Labute approximate surface area is 138 Å². The van der Waals surface area contributed by atoms with E-state index in [1.165, 1.54) is 18.6 Å². The maximum atomic E-state index is 13.6. The molecule has 0 unspecified atom stereocenters. The molecule has 2 aromatic heterocycles. The Bertz CT molecular complexity index is 941. The van der Waals surface area contributed by atoms with E-state index in [4.69, 9.17) is 11.5 Å². The molecule has 2 heterocycles. The molecule has 0 aliphatic rings. The summed E-state index contributed by atoms with van der Waals surface area (Å²) >= 11 is 0. The molecule has 0 saturated carbocycles. The molecule has 0 radical (unpaired) electrons. The number of anilines is 1. The van der Waals surface area contributed by atoms with Crippen molar-refractivity contribution in [2.75, 3.05) is 5.73 Å². The second-order valence-electron chi connectivity index (χ2n) is 5.35. The van der Waals surface area contributed by atoms with E-state index in [9.17, 15) is 4.39 Å². The van der Waals surface area contributed by atoms with Gasteiger partial charge in [-0.3, -0.25) is 4.99 Å². The standard InChI is InChI=1S/C17H17FN6/c1-11-8-24(17-15(11)16(20)22-10-23-17)9-12(6-19)7-21-14-5-3-2-4-13(14)18/h2-8,10H,9,19H2,1H3,(H2,20,22,23). The van der Waals surface area contributed by atoms with Crippen molar-refractivity contribution in [1.82, 2.24) is 14.5 Å². The maximum Gasteiger partial charge on any atom is 0.148 e. The van der Waals surface area contributed by atoms with Gasteiger partial charge in [0, 0.05) is 24.2 Å². The Morgan fingerprint density at radius 1 is 1.33 bits per heavy atom. The number of allylic oxidation sites excluding steroid dienone is 1. The first-order chi connectivity index (χ1) is 11.6. The van der Waals surface area contributed by atoms with Crippen molar-refractivity contribution >= 4 is 28.8 Å². The number of aliphatic imine (C=N–C) groups is 1. The number of para-hydroxylation sites is 1. The number of nitrogens with zero attached hydrogens (tertiary/aromatic N) is 4. The van der Waals surface area contributed by atoms with E-state index in [1.807, 2.05) is 17.7 Å². The number of hydrogen-bond donors (Lipinski definition) is 2. The van der Waals surface area contributed by atoms with Gasteiger partial charge in [0.15, 0.2) is 0 Å². The summed E-state index contributed by atoms with van der Waals surface area (Å²) in [5.41, 5.74) is 14.3. The average molecular weight is 324 g/mol. The predicted octanol–water partition coefficient (Wildman–Crippen LogP) is 2.71. The molecule has 122 valence electrons. The Morgan fingerprint density at radius 2 is 2.12 bits per heavy atom. The summed E-state index contributed by atoms with van der Waals surface area (Å²) in [5.74, 6) is 0.0578. The number of nitrogens with two attached hydrogens (primary N) is 2.